The van der Waals surface area contributed by atoms with Crippen molar-refractivity contribution in [3.8, 4) is 0 Å². The fourth-order valence-electron chi connectivity index (χ4n) is 4.34. The second-order valence-electron chi connectivity index (χ2n) is 10.6. The lowest BCUT2D eigenvalue weighted by Gasteiger charge is -2.26. The number of aliphatic carboxylic acids is 1. The van der Waals surface area contributed by atoms with Crippen LogP contribution in [0.3, 0.4) is 0 Å². The lowest BCUT2D eigenvalue weighted by Crippen LogP contribution is -2.58. The lowest BCUT2D eigenvalue weighted by atomic mass is 10.0. The van der Waals surface area contributed by atoms with Gasteiger partial charge in [-0.25, -0.2) is 4.79 Å². The van der Waals surface area contributed by atoms with Gasteiger partial charge in [0.2, 0.25) is 17.7 Å². The summed E-state index contributed by atoms with van der Waals surface area (Å²) in [5.41, 5.74) is 12.9. The molecule has 0 saturated heterocycles. The van der Waals surface area contributed by atoms with E-state index in [0.717, 1.165) is 11.1 Å². The third-order valence-electron chi connectivity index (χ3n) is 6.49. The maximum absolute atomic E-state index is 13.6. The van der Waals surface area contributed by atoms with E-state index >= 15 is 0 Å². The zero-order chi connectivity index (χ0) is 31.1. The second kappa shape index (κ2) is 17.4. The molecule has 3 amide bonds. The number of hydrogen-bond donors (Lipinski definition) is 8. The third-order valence-corrected chi connectivity index (χ3v) is 6.49. The van der Waals surface area contributed by atoms with Crippen molar-refractivity contribution in [2.45, 2.75) is 70.1 Å². The van der Waals surface area contributed by atoms with Gasteiger partial charge >= 0.3 is 5.97 Å². The smallest absolute Gasteiger partial charge is 0.326 e. The van der Waals surface area contributed by atoms with E-state index in [1.54, 1.807) is 24.3 Å². The van der Waals surface area contributed by atoms with Gasteiger partial charge in [-0.2, -0.15) is 0 Å². The van der Waals surface area contributed by atoms with Gasteiger partial charge in [0.25, 0.3) is 0 Å². The molecule has 0 aliphatic rings. The van der Waals surface area contributed by atoms with Crippen molar-refractivity contribution in [3.05, 3.63) is 71.8 Å². The van der Waals surface area contributed by atoms with Crippen LogP contribution in [-0.4, -0.2) is 65.5 Å². The van der Waals surface area contributed by atoms with Crippen LogP contribution >= 0.6 is 0 Å². The molecule has 0 aliphatic heterocycles. The average molecular weight is 582 g/mol. The van der Waals surface area contributed by atoms with Gasteiger partial charge in [0, 0.05) is 19.4 Å². The molecule has 0 bridgehead atoms. The predicted molar refractivity (Wildman–Crippen MR) is 160 cm³/mol. The first-order chi connectivity index (χ1) is 20.0. The molecule has 2 rings (SSSR count). The SMILES string of the molecule is CC(C)C[C@H](N)C(=O)N[C@@H](Cc1ccccc1)C(=O)N[C@@H](Cc1ccccc1)C(=O)N[C@@H](CCCNC(=N)N)C(=O)O. The number of carboxylic acid groups (broad SMARTS) is 1. The van der Waals surface area contributed by atoms with Crippen LogP contribution in [0.4, 0.5) is 0 Å². The molecule has 10 N–H and O–H groups in total. The highest BCUT2D eigenvalue weighted by atomic mass is 16.4. The van der Waals surface area contributed by atoms with Crippen molar-refractivity contribution >= 4 is 29.7 Å². The van der Waals surface area contributed by atoms with Gasteiger partial charge in [0.1, 0.15) is 18.1 Å². The first kappa shape index (κ1) is 33.8. The van der Waals surface area contributed by atoms with E-state index in [1.165, 1.54) is 0 Å². The topological polar surface area (TPSA) is 213 Å². The number of hydrogen-bond acceptors (Lipinski definition) is 6. The minimum atomic E-state index is -1.23. The number of benzene rings is 2. The van der Waals surface area contributed by atoms with Crippen LogP contribution in [0, 0.1) is 11.3 Å². The molecule has 0 heterocycles. The maximum Gasteiger partial charge on any atom is 0.326 e. The van der Waals surface area contributed by atoms with Crippen molar-refractivity contribution in [3.63, 3.8) is 0 Å². The number of amides is 3. The van der Waals surface area contributed by atoms with E-state index in [0.29, 0.717) is 12.8 Å². The van der Waals surface area contributed by atoms with Crippen molar-refractivity contribution in [2.24, 2.45) is 17.4 Å². The van der Waals surface area contributed by atoms with E-state index < -0.39 is 47.9 Å². The summed E-state index contributed by atoms with van der Waals surface area (Å²) in [7, 11) is 0. The Balaban J connectivity index is 2.25. The monoisotopic (exact) mass is 581 g/mol. The van der Waals surface area contributed by atoms with Crippen molar-refractivity contribution < 1.29 is 24.3 Å². The summed E-state index contributed by atoms with van der Waals surface area (Å²) < 4.78 is 0. The number of carbonyl (C=O) groups excluding carboxylic acids is 3. The standard InChI is InChI=1S/C30H43N7O5/c1-19(2)16-22(31)26(38)36-24(17-20-10-5-3-6-11-20)28(40)37-25(18-21-12-7-4-8-13-21)27(39)35-23(29(41)42)14-9-15-34-30(32)33/h3-8,10-13,19,22-25H,9,14-18,31H2,1-2H3,(H,35,39)(H,36,38)(H,37,40)(H,41,42)(H4,32,33,34)/t22-,23-,24-,25-/m0/s1. The Kier molecular flexibility index (Phi) is 14.0. The first-order valence-electron chi connectivity index (χ1n) is 14.0. The number of carboxylic acids is 1. The number of nitrogens with one attached hydrogen (secondary N) is 5. The van der Waals surface area contributed by atoms with Crippen molar-refractivity contribution in [1.29, 1.82) is 5.41 Å². The largest absolute Gasteiger partial charge is 0.480 e. The summed E-state index contributed by atoms with van der Waals surface area (Å²) in [6, 6.07) is 13.9. The molecular formula is C30H43N7O5. The summed E-state index contributed by atoms with van der Waals surface area (Å²) in [6.07, 6.45) is 1.09. The summed E-state index contributed by atoms with van der Waals surface area (Å²) >= 11 is 0. The third kappa shape index (κ3) is 12.4. The normalized spacial score (nSPS) is 13.7. The number of carbonyl (C=O) groups is 4. The molecule has 4 atom stereocenters. The lowest BCUT2D eigenvalue weighted by molar-refractivity contribution is -0.142. The van der Waals surface area contributed by atoms with Crippen LogP contribution in [0.1, 0.15) is 44.2 Å². The van der Waals surface area contributed by atoms with Crippen LogP contribution < -0.4 is 32.7 Å². The molecule has 0 aliphatic carbocycles. The molecule has 0 unspecified atom stereocenters. The summed E-state index contributed by atoms with van der Waals surface area (Å²) in [6.45, 7) is 4.15. The Morgan fingerprint density at radius 3 is 1.67 bits per heavy atom. The first-order valence-corrected chi connectivity index (χ1v) is 14.0. The van der Waals surface area contributed by atoms with Crippen LogP contribution in [0.25, 0.3) is 0 Å². The Bertz CT molecular complexity index is 1180. The molecule has 0 aromatic heterocycles. The van der Waals surface area contributed by atoms with E-state index in [9.17, 15) is 24.3 Å². The van der Waals surface area contributed by atoms with Crippen LogP contribution in [-0.2, 0) is 32.0 Å². The molecule has 42 heavy (non-hydrogen) atoms. The van der Waals surface area contributed by atoms with Crippen molar-refractivity contribution in [1.82, 2.24) is 21.3 Å². The van der Waals surface area contributed by atoms with Gasteiger partial charge in [0.05, 0.1) is 6.04 Å². The Morgan fingerprint density at radius 2 is 1.24 bits per heavy atom. The fraction of sp³-hybridized carbons (Fsp3) is 0.433. The minimum Gasteiger partial charge on any atom is -0.480 e. The average Bonchev–Trinajstić information content (AvgIpc) is 2.94. The fourth-order valence-corrected chi connectivity index (χ4v) is 4.34. The number of nitrogens with two attached hydrogens (primary N) is 2. The molecule has 2 aromatic rings. The van der Waals surface area contributed by atoms with Gasteiger partial charge in [-0.1, -0.05) is 74.5 Å². The molecular weight excluding hydrogens is 538 g/mol. The Hall–Kier alpha value is -4.45. The zero-order valence-electron chi connectivity index (χ0n) is 24.1. The van der Waals surface area contributed by atoms with Crippen LogP contribution in [0.2, 0.25) is 0 Å². The second-order valence-corrected chi connectivity index (χ2v) is 10.6. The highest BCUT2D eigenvalue weighted by Crippen LogP contribution is 2.09. The van der Waals surface area contributed by atoms with Gasteiger partial charge in [0.15, 0.2) is 5.96 Å². The molecule has 12 heteroatoms. The highest BCUT2D eigenvalue weighted by Gasteiger charge is 2.30. The number of guanidine groups is 1. The van der Waals surface area contributed by atoms with E-state index in [1.807, 2.05) is 50.2 Å². The van der Waals surface area contributed by atoms with Crippen LogP contribution in [0.5, 0.6) is 0 Å². The highest BCUT2D eigenvalue weighted by molar-refractivity contribution is 5.94. The van der Waals surface area contributed by atoms with E-state index in [2.05, 4.69) is 21.3 Å². The molecule has 12 nitrogen and oxygen atoms in total. The Morgan fingerprint density at radius 1 is 0.786 bits per heavy atom. The summed E-state index contributed by atoms with van der Waals surface area (Å²) in [5.74, 6) is -3.05. The quantitative estimate of drug-likeness (QED) is 0.0752. The zero-order valence-corrected chi connectivity index (χ0v) is 24.1. The van der Waals surface area contributed by atoms with Gasteiger partial charge < -0.3 is 37.8 Å². The molecule has 0 fully saturated rings. The summed E-state index contributed by atoms with van der Waals surface area (Å²) in [5, 5.41) is 27.5. The molecule has 228 valence electrons. The molecule has 0 saturated carbocycles. The van der Waals surface area contributed by atoms with Gasteiger partial charge in [-0.3, -0.25) is 19.8 Å². The van der Waals surface area contributed by atoms with E-state index in [-0.39, 0.29) is 37.7 Å². The predicted octanol–water partition coefficient (Wildman–Crippen LogP) is 0.647. The van der Waals surface area contributed by atoms with E-state index in [4.69, 9.17) is 16.9 Å². The van der Waals surface area contributed by atoms with Gasteiger partial charge in [-0.15, -0.1) is 0 Å². The maximum atomic E-state index is 13.6. The number of rotatable bonds is 17. The minimum absolute atomic E-state index is 0.0772. The Labute approximate surface area is 246 Å². The molecule has 0 radical (unpaired) electrons. The molecule has 2 aromatic carbocycles. The molecule has 0 spiro atoms. The van der Waals surface area contributed by atoms with Gasteiger partial charge in [-0.05, 0) is 36.3 Å². The van der Waals surface area contributed by atoms with Crippen LogP contribution in [0.15, 0.2) is 60.7 Å². The van der Waals surface area contributed by atoms with Crippen molar-refractivity contribution in [2.75, 3.05) is 6.54 Å². The summed E-state index contributed by atoms with van der Waals surface area (Å²) in [4.78, 5) is 51.8.